The number of carbonyl (C=O) groups is 4. The highest BCUT2D eigenvalue weighted by molar-refractivity contribution is 6.08. The molecule has 2 heterocycles. The van der Waals surface area contributed by atoms with Crippen molar-refractivity contribution in [3.8, 4) is 0 Å². The zero-order chi connectivity index (χ0) is 20.5. The number of carbonyl (C=O) groups excluding carboxylic acids is 4. The van der Waals surface area contributed by atoms with Crippen molar-refractivity contribution in [3.05, 3.63) is 0 Å². The predicted octanol–water partition coefficient (Wildman–Crippen LogP) is 0.319. The summed E-state index contributed by atoms with van der Waals surface area (Å²) >= 11 is 0. The molecule has 2 aliphatic heterocycles. The minimum Gasteiger partial charge on any atom is -0.349 e. The number of piperidine rings is 1. The number of hydrogen-bond acceptors (Lipinski definition) is 5. The Labute approximate surface area is 165 Å². The van der Waals surface area contributed by atoms with Crippen LogP contribution in [0.1, 0.15) is 45.4 Å². The van der Waals surface area contributed by atoms with Gasteiger partial charge in [-0.1, -0.05) is 6.92 Å². The van der Waals surface area contributed by atoms with Crippen molar-refractivity contribution in [3.63, 3.8) is 0 Å². The van der Waals surface area contributed by atoms with Crippen LogP contribution in [0.15, 0.2) is 0 Å². The Balaban J connectivity index is 1.55. The van der Waals surface area contributed by atoms with E-state index in [1.807, 2.05) is 4.90 Å². The predicted molar refractivity (Wildman–Crippen MR) is 102 cm³/mol. The summed E-state index contributed by atoms with van der Waals surface area (Å²) in [7, 11) is 3.46. The number of amides is 5. The van der Waals surface area contributed by atoms with E-state index < -0.39 is 17.5 Å². The van der Waals surface area contributed by atoms with E-state index in [1.54, 1.807) is 19.0 Å². The topological polar surface area (TPSA) is 102 Å². The van der Waals surface area contributed by atoms with Gasteiger partial charge in [0.25, 0.3) is 11.8 Å². The summed E-state index contributed by atoms with van der Waals surface area (Å²) in [6.07, 6.45) is 4.61. The molecule has 0 aromatic rings. The van der Waals surface area contributed by atoms with Crippen LogP contribution in [0.3, 0.4) is 0 Å². The molecule has 1 unspecified atom stereocenters. The molecule has 3 rings (SSSR count). The van der Waals surface area contributed by atoms with E-state index in [0.29, 0.717) is 31.8 Å². The van der Waals surface area contributed by atoms with Gasteiger partial charge in [0, 0.05) is 20.6 Å². The van der Waals surface area contributed by atoms with Crippen molar-refractivity contribution < 1.29 is 19.2 Å². The number of nitrogens with zero attached hydrogens (tertiary/aromatic N) is 3. The van der Waals surface area contributed by atoms with Crippen LogP contribution in [-0.4, -0.2) is 77.8 Å². The summed E-state index contributed by atoms with van der Waals surface area (Å²) in [6, 6.07) is -0.563. The fraction of sp³-hybridized carbons (Fsp3) is 0.789. The average Bonchev–Trinajstić information content (AvgIpc) is 2.88. The third kappa shape index (κ3) is 4.14. The van der Waals surface area contributed by atoms with Gasteiger partial charge in [0.1, 0.15) is 5.54 Å². The highest BCUT2D eigenvalue weighted by atomic mass is 16.2. The molecule has 1 spiro atoms. The summed E-state index contributed by atoms with van der Waals surface area (Å²) in [5, 5.41) is 3.63. The molecule has 5 amide bonds. The Morgan fingerprint density at radius 3 is 2.54 bits per heavy atom. The van der Waals surface area contributed by atoms with Gasteiger partial charge in [-0.2, -0.15) is 5.01 Å². The molecule has 9 nitrogen and oxygen atoms in total. The van der Waals surface area contributed by atoms with Gasteiger partial charge < -0.3 is 10.2 Å². The average molecular weight is 393 g/mol. The fourth-order valence-electron chi connectivity index (χ4n) is 4.44. The van der Waals surface area contributed by atoms with E-state index >= 15 is 0 Å². The van der Waals surface area contributed by atoms with Gasteiger partial charge in [0.05, 0.1) is 12.5 Å². The lowest BCUT2D eigenvalue weighted by Gasteiger charge is -2.34. The molecule has 0 aromatic heterocycles. The molecule has 0 bridgehead atoms. The second-order valence-electron chi connectivity index (χ2n) is 8.68. The fourth-order valence-corrected chi connectivity index (χ4v) is 4.44. The van der Waals surface area contributed by atoms with Crippen LogP contribution in [-0.2, 0) is 14.4 Å². The molecular weight excluding hydrogens is 362 g/mol. The maximum absolute atomic E-state index is 12.8. The Kier molecular flexibility index (Phi) is 5.92. The van der Waals surface area contributed by atoms with E-state index in [1.165, 1.54) is 0 Å². The molecule has 2 N–H and O–H groups in total. The first-order chi connectivity index (χ1) is 13.2. The molecule has 28 heavy (non-hydrogen) atoms. The van der Waals surface area contributed by atoms with Crippen molar-refractivity contribution in [2.45, 2.75) is 51.0 Å². The number of imide groups is 1. The van der Waals surface area contributed by atoms with E-state index in [0.717, 1.165) is 30.7 Å². The zero-order valence-corrected chi connectivity index (χ0v) is 17.0. The lowest BCUT2D eigenvalue weighted by molar-refractivity contribution is -0.141. The van der Waals surface area contributed by atoms with Gasteiger partial charge in [-0.15, -0.1) is 0 Å². The molecule has 0 aromatic carbocycles. The first kappa shape index (κ1) is 20.6. The first-order valence-corrected chi connectivity index (χ1v) is 10.1. The SMILES string of the molecule is CC1CCC2(CC1)NC(=O)N(NC(=O)CN1CCCC(C(=O)N(C)C)C1)C2=O. The second-order valence-corrected chi connectivity index (χ2v) is 8.68. The quantitative estimate of drug-likeness (QED) is 0.670. The number of likely N-dealkylation sites (tertiary alicyclic amines) is 1. The second kappa shape index (κ2) is 8.06. The van der Waals surface area contributed by atoms with E-state index in [-0.39, 0.29) is 24.3 Å². The molecule has 0 radical (unpaired) electrons. The lowest BCUT2D eigenvalue weighted by Crippen LogP contribution is -2.53. The molecule has 156 valence electrons. The summed E-state index contributed by atoms with van der Waals surface area (Å²) in [5.41, 5.74) is 1.60. The summed E-state index contributed by atoms with van der Waals surface area (Å²) in [6.45, 7) is 3.41. The maximum Gasteiger partial charge on any atom is 0.344 e. The van der Waals surface area contributed by atoms with Crippen molar-refractivity contribution in [2.75, 3.05) is 33.7 Å². The van der Waals surface area contributed by atoms with Gasteiger partial charge in [-0.25, -0.2) is 4.79 Å². The van der Waals surface area contributed by atoms with Gasteiger partial charge >= 0.3 is 6.03 Å². The smallest absolute Gasteiger partial charge is 0.344 e. The third-order valence-electron chi connectivity index (χ3n) is 6.19. The molecule has 1 atom stereocenters. The van der Waals surface area contributed by atoms with Crippen LogP contribution < -0.4 is 10.7 Å². The Hall–Kier alpha value is -2.16. The Morgan fingerprint density at radius 1 is 1.21 bits per heavy atom. The van der Waals surface area contributed by atoms with E-state index in [2.05, 4.69) is 17.7 Å². The minimum absolute atomic E-state index is 0.0539. The van der Waals surface area contributed by atoms with E-state index in [9.17, 15) is 19.2 Å². The number of hydrazine groups is 1. The van der Waals surface area contributed by atoms with Gasteiger partial charge in [0.2, 0.25) is 5.91 Å². The molecule has 3 aliphatic rings. The largest absolute Gasteiger partial charge is 0.349 e. The molecule has 1 saturated carbocycles. The Morgan fingerprint density at radius 2 is 1.89 bits per heavy atom. The number of nitrogens with one attached hydrogen (secondary N) is 2. The normalized spacial score (nSPS) is 31.0. The number of urea groups is 1. The van der Waals surface area contributed by atoms with Crippen molar-refractivity contribution in [1.29, 1.82) is 0 Å². The highest BCUT2D eigenvalue weighted by Crippen LogP contribution is 2.35. The van der Waals surface area contributed by atoms with Crippen molar-refractivity contribution in [2.24, 2.45) is 11.8 Å². The molecular formula is C19H31N5O4. The summed E-state index contributed by atoms with van der Waals surface area (Å²) < 4.78 is 0. The monoisotopic (exact) mass is 393 g/mol. The van der Waals surface area contributed by atoms with Gasteiger partial charge in [0.15, 0.2) is 0 Å². The van der Waals surface area contributed by atoms with Crippen LogP contribution in [0.25, 0.3) is 0 Å². The lowest BCUT2D eigenvalue weighted by atomic mass is 9.77. The molecule has 1 aliphatic carbocycles. The van der Waals surface area contributed by atoms with Crippen LogP contribution in [0, 0.1) is 11.8 Å². The molecule has 9 heteroatoms. The van der Waals surface area contributed by atoms with Gasteiger partial charge in [-0.3, -0.25) is 24.7 Å². The van der Waals surface area contributed by atoms with E-state index in [4.69, 9.17) is 0 Å². The molecule has 2 saturated heterocycles. The maximum atomic E-state index is 12.8. The molecule has 3 fully saturated rings. The third-order valence-corrected chi connectivity index (χ3v) is 6.19. The standard InChI is InChI=1S/C19H31N5O4/c1-13-6-8-19(9-7-13)17(27)24(18(28)20-19)21-15(25)12-23-10-4-5-14(11-23)16(26)22(2)3/h13-14H,4-12H2,1-3H3,(H,20,28)(H,21,25). The van der Waals surface area contributed by atoms with Crippen molar-refractivity contribution >= 4 is 23.8 Å². The van der Waals surface area contributed by atoms with Crippen LogP contribution in [0.2, 0.25) is 0 Å². The van der Waals surface area contributed by atoms with Crippen LogP contribution in [0.4, 0.5) is 4.79 Å². The summed E-state index contributed by atoms with van der Waals surface area (Å²) in [5.74, 6) is -0.302. The zero-order valence-electron chi connectivity index (χ0n) is 17.0. The first-order valence-electron chi connectivity index (χ1n) is 10.1. The number of hydrogen-bond donors (Lipinski definition) is 2. The summed E-state index contributed by atoms with van der Waals surface area (Å²) in [4.78, 5) is 53.2. The number of rotatable bonds is 4. The minimum atomic E-state index is -0.870. The van der Waals surface area contributed by atoms with Gasteiger partial charge in [-0.05, 0) is 51.0 Å². The van der Waals surface area contributed by atoms with Crippen LogP contribution >= 0.6 is 0 Å². The Bertz CT molecular complexity index is 657. The van der Waals surface area contributed by atoms with Crippen LogP contribution in [0.5, 0.6) is 0 Å². The van der Waals surface area contributed by atoms with Crippen molar-refractivity contribution in [1.82, 2.24) is 25.6 Å². The highest BCUT2D eigenvalue weighted by Gasteiger charge is 2.52.